The summed E-state index contributed by atoms with van der Waals surface area (Å²) >= 11 is 0. The third-order valence-corrected chi connectivity index (χ3v) is 4.81. The second-order valence-electron chi connectivity index (χ2n) is 7.05. The Morgan fingerprint density at radius 2 is 1.81 bits per heavy atom. The third kappa shape index (κ3) is 4.36. The number of rotatable bonds is 5. The Morgan fingerprint density at radius 3 is 2.52 bits per heavy atom. The first-order valence-corrected chi connectivity index (χ1v) is 9.31. The van der Waals surface area contributed by atoms with Crippen LogP contribution in [0.5, 0.6) is 0 Å². The molecule has 0 unspecified atom stereocenters. The largest absolute Gasteiger partial charge is 0.372 e. The minimum Gasteiger partial charge on any atom is -0.372 e. The number of aryl methyl sites for hydroxylation is 1. The lowest BCUT2D eigenvalue weighted by atomic mass is 9.99. The standard InChI is InChI=1S/C20H24N6O/c1-14-8-11-26(12-9-14)17-5-3-16(4-6-17)22-18-7-10-21-20(23-18)24-19-13-15(2)27-25-19/h3-7,10,13-14H,8-9,11-12H2,1-2H3,(H2,21,22,23,24,25). The molecule has 1 aliphatic rings. The van der Waals surface area contributed by atoms with Crippen LogP contribution in [0.2, 0.25) is 0 Å². The van der Waals surface area contributed by atoms with Gasteiger partial charge in [-0.05, 0) is 56.0 Å². The van der Waals surface area contributed by atoms with E-state index in [2.05, 4.69) is 61.8 Å². The summed E-state index contributed by atoms with van der Waals surface area (Å²) < 4.78 is 5.04. The molecule has 0 bridgehead atoms. The van der Waals surface area contributed by atoms with Crippen LogP contribution in [0.4, 0.5) is 29.0 Å². The van der Waals surface area contributed by atoms with Gasteiger partial charge in [-0.15, -0.1) is 0 Å². The van der Waals surface area contributed by atoms with Gasteiger partial charge in [0, 0.05) is 36.7 Å². The van der Waals surface area contributed by atoms with Crippen LogP contribution in [-0.2, 0) is 0 Å². The average molecular weight is 364 g/mol. The molecule has 0 radical (unpaired) electrons. The smallest absolute Gasteiger partial charge is 0.230 e. The van der Waals surface area contributed by atoms with E-state index in [-0.39, 0.29) is 0 Å². The summed E-state index contributed by atoms with van der Waals surface area (Å²) in [6.45, 7) is 6.44. The van der Waals surface area contributed by atoms with Gasteiger partial charge in [-0.25, -0.2) is 4.98 Å². The van der Waals surface area contributed by atoms with Crippen LogP contribution in [0, 0.1) is 12.8 Å². The van der Waals surface area contributed by atoms with Crippen molar-refractivity contribution >= 4 is 29.0 Å². The molecule has 27 heavy (non-hydrogen) atoms. The molecule has 2 N–H and O–H groups in total. The fourth-order valence-electron chi connectivity index (χ4n) is 3.20. The van der Waals surface area contributed by atoms with Gasteiger partial charge < -0.3 is 20.1 Å². The highest BCUT2D eigenvalue weighted by Crippen LogP contribution is 2.25. The Bertz CT molecular complexity index is 883. The molecule has 7 heteroatoms. The highest BCUT2D eigenvalue weighted by atomic mass is 16.5. The Kier molecular flexibility index (Phi) is 4.91. The monoisotopic (exact) mass is 364 g/mol. The lowest BCUT2D eigenvalue weighted by Gasteiger charge is -2.32. The predicted molar refractivity (Wildman–Crippen MR) is 107 cm³/mol. The van der Waals surface area contributed by atoms with Crippen molar-refractivity contribution in [3.8, 4) is 0 Å². The number of hydrogen-bond acceptors (Lipinski definition) is 7. The number of aromatic nitrogens is 3. The molecule has 3 heterocycles. The zero-order valence-corrected chi connectivity index (χ0v) is 15.6. The van der Waals surface area contributed by atoms with Crippen LogP contribution in [-0.4, -0.2) is 28.2 Å². The van der Waals surface area contributed by atoms with Crippen molar-refractivity contribution in [2.75, 3.05) is 28.6 Å². The van der Waals surface area contributed by atoms with Crippen molar-refractivity contribution in [3.63, 3.8) is 0 Å². The molecule has 0 amide bonds. The maximum absolute atomic E-state index is 5.04. The number of benzene rings is 1. The molecular formula is C20H24N6O. The van der Waals surface area contributed by atoms with Crippen LogP contribution >= 0.6 is 0 Å². The van der Waals surface area contributed by atoms with Gasteiger partial charge in [-0.3, -0.25) is 0 Å². The normalized spacial score (nSPS) is 15.0. The molecule has 7 nitrogen and oxygen atoms in total. The Balaban J connectivity index is 1.41. The molecule has 0 spiro atoms. The van der Waals surface area contributed by atoms with Gasteiger partial charge in [-0.2, -0.15) is 4.98 Å². The van der Waals surface area contributed by atoms with E-state index in [1.54, 1.807) is 12.3 Å². The first-order chi connectivity index (χ1) is 13.2. The molecule has 1 aromatic carbocycles. The zero-order chi connectivity index (χ0) is 18.6. The van der Waals surface area contributed by atoms with Crippen molar-refractivity contribution < 1.29 is 4.52 Å². The lowest BCUT2D eigenvalue weighted by molar-refractivity contribution is 0.400. The van der Waals surface area contributed by atoms with Gasteiger partial charge in [0.1, 0.15) is 11.6 Å². The van der Waals surface area contributed by atoms with E-state index < -0.39 is 0 Å². The van der Waals surface area contributed by atoms with E-state index in [0.717, 1.165) is 30.5 Å². The number of piperidine rings is 1. The highest BCUT2D eigenvalue weighted by molar-refractivity contribution is 5.62. The van der Waals surface area contributed by atoms with Gasteiger partial charge >= 0.3 is 0 Å². The maximum Gasteiger partial charge on any atom is 0.230 e. The molecule has 1 saturated heterocycles. The summed E-state index contributed by atoms with van der Waals surface area (Å²) in [4.78, 5) is 11.1. The van der Waals surface area contributed by atoms with Gasteiger partial charge in [-0.1, -0.05) is 12.1 Å². The molecule has 4 rings (SSSR count). The molecule has 2 aromatic heterocycles. The SMILES string of the molecule is Cc1cc(Nc2nccc(Nc3ccc(N4CCC(C)CC4)cc3)n2)no1. The lowest BCUT2D eigenvalue weighted by Crippen LogP contribution is -2.32. The van der Waals surface area contributed by atoms with Crippen molar-refractivity contribution in [3.05, 3.63) is 48.4 Å². The first-order valence-electron chi connectivity index (χ1n) is 9.31. The topological polar surface area (TPSA) is 79.1 Å². The summed E-state index contributed by atoms with van der Waals surface area (Å²) in [6.07, 6.45) is 4.23. The van der Waals surface area contributed by atoms with Crippen LogP contribution in [0.15, 0.2) is 47.1 Å². The Hall–Kier alpha value is -3.09. The van der Waals surface area contributed by atoms with Gasteiger partial charge in [0.2, 0.25) is 5.95 Å². The van der Waals surface area contributed by atoms with E-state index in [9.17, 15) is 0 Å². The van der Waals surface area contributed by atoms with E-state index in [1.165, 1.54) is 18.5 Å². The Labute approximate surface area is 158 Å². The van der Waals surface area contributed by atoms with Crippen LogP contribution < -0.4 is 15.5 Å². The summed E-state index contributed by atoms with van der Waals surface area (Å²) in [5, 5.41) is 10.2. The van der Waals surface area contributed by atoms with Gasteiger partial charge in [0.05, 0.1) is 0 Å². The van der Waals surface area contributed by atoms with Crippen molar-refractivity contribution in [2.24, 2.45) is 5.92 Å². The molecule has 0 aliphatic carbocycles. The summed E-state index contributed by atoms with van der Waals surface area (Å²) in [5.74, 6) is 3.34. The van der Waals surface area contributed by atoms with Crippen LogP contribution in [0.25, 0.3) is 0 Å². The van der Waals surface area contributed by atoms with Gasteiger partial charge in [0.15, 0.2) is 5.82 Å². The van der Waals surface area contributed by atoms with E-state index in [1.807, 2.05) is 13.0 Å². The predicted octanol–water partition coefficient (Wildman–Crippen LogP) is 4.50. The number of anilines is 5. The fraction of sp³-hybridized carbons (Fsp3) is 0.350. The second-order valence-corrected chi connectivity index (χ2v) is 7.05. The van der Waals surface area contributed by atoms with Crippen molar-refractivity contribution in [1.29, 1.82) is 0 Å². The summed E-state index contributed by atoms with van der Waals surface area (Å²) in [5.41, 5.74) is 2.27. The molecule has 1 aliphatic heterocycles. The minimum atomic E-state index is 0.465. The molecule has 1 fully saturated rings. The molecule has 3 aromatic rings. The molecule has 140 valence electrons. The fourth-order valence-corrected chi connectivity index (χ4v) is 3.20. The first kappa shape index (κ1) is 17.3. The zero-order valence-electron chi connectivity index (χ0n) is 15.6. The highest BCUT2D eigenvalue weighted by Gasteiger charge is 2.15. The van der Waals surface area contributed by atoms with E-state index >= 15 is 0 Å². The second kappa shape index (κ2) is 7.65. The molecule has 0 saturated carbocycles. The van der Waals surface area contributed by atoms with E-state index in [0.29, 0.717) is 17.6 Å². The number of nitrogens with zero attached hydrogens (tertiary/aromatic N) is 4. The average Bonchev–Trinajstić information content (AvgIpc) is 3.08. The molecule has 0 atom stereocenters. The van der Waals surface area contributed by atoms with Crippen molar-refractivity contribution in [2.45, 2.75) is 26.7 Å². The van der Waals surface area contributed by atoms with Crippen LogP contribution in [0.1, 0.15) is 25.5 Å². The number of hydrogen-bond donors (Lipinski definition) is 2. The molecular weight excluding hydrogens is 340 g/mol. The maximum atomic E-state index is 5.04. The van der Waals surface area contributed by atoms with Gasteiger partial charge in [0.25, 0.3) is 0 Å². The van der Waals surface area contributed by atoms with Crippen molar-refractivity contribution in [1.82, 2.24) is 15.1 Å². The summed E-state index contributed by atoms with van der Waals surface area (Å²) in [7, 11) is 0. The number of nitrogens with one attached hydrogen (secondary N) is 2. The van der Waals surface area contributed by atoms with Crippen LogP contribution in [0.3, 0.4) is 0 Å². The summed E-state index contributed by atoms with van der Waals surface area (Å²) in [6, 6.07) is 12.1. The van der Waals surface area contributed by atoms with E-state index in [4.69, 9.17) is 4.52 Å². The minimum absolute atomic E-state index is 0.465. The Morgan fingerprint density at radius 1 is 1.04 bits per heavy atom. The quantitative estimate of drug-likeness (QED) is 0.690. The third-order valence-electron chi connectivity index (χ3n) is 4.81.